The summed E-state index contributed by atoms with van der Waals surface area (Å²) in [6.45, 7) is 17.2. The number of aryl methyl sites for hydroxylation is 3. The molecule has 0 aliphatic heterocycles. The lowest BCUT2D eigenvalue weighted by molar-refractivity contribution is 0.743. The minimum Gasteiger partial charge on any atom is -0.310 e. The van der Waals surface area contributed by atoms with Crippen molar-refractivity contribution in [3.8, 4) is 27.9 Å². The maximum Gasteiger partial charge on any atom is 0.0731 e. The first kappa shape index (κ1) is 47.0. The van der Waals surface area contributed by atoms with Crippen molar-refractivity contribution in [3.05, 3.63) is 245 Å². The van der Waals surface area contributed by atoms with Crippen molar-refractivity contribution in [2.45, 2.75) is 60.8 Å². The third kappa shape index (κ3) is 8.59. The fourth-order valence-corrected chi connectivity index (χ4v) is 11.4. The largest absolute Gasteiger partial charge is 0.310 e. The highest BCUT2D eigenvalue weighted by atomic mass is 15.0. The average molecular weight is 944 g/mol. The van der Waals surface area contributed by atoms with Gasteiger partial charge >= 0.3 is 0 Å². The van der Waals surface area contributed by atoms with Crippen LogP contribution in [0.4, 0.5) is 5.69 Å². The molecule has 1 aromatic heterocycles. The number of rotatable bonds is 9. The number of hydrogen-bond acceptors (Lipinski definition) is 2. The highest BCUT2D eigenvalue weighted by Gasteiger charge is 2.22. The molecule has 356 valence electrons. The van der Waals surface area contributed by atoms with Gasteiger partial charge in [-0.2, -0.15) is 0 Å². The molecule has 3 heteroatoms. The number of aromatic nitrogens is 1. The first-order chi connectivity index (χ1) is 35.8. The Labute approximate surface area is 430 Å². The summed E-state index contributed by atoms with van der Waals surface area (Å²) in [6.07, 6.45) is 14.4. The Morgan fingerprint density at radius 2 is 1.26 bits per heavy atom. The molecule has 0 radical (unpaired) electrons. The Morgan fingerprint density at radius 1 is 0.603 bits per heavy atom. The molecule has 3 nitrogen and oxygen atoms in total. The van der Waals surface area contributed by atoms with Crippen molar-refractivity contribution in [2.75, 3.05) is 0 Å². The van der Waals surface area contributed by atoms with E-state index in [2.05, 4.69) is 245 Å². The lowest BCUT2D eigenvalue weighted by Gasteiger charge is -2.23. The van der Waals surface area contributed by atoms with E-state index >= 15 is 0 Å². The molecule has 0 saturated carbocycles. The number of para-hydroxylation sites is 1. The number of hydrogen-bond donors (Lipinski definition) is 0. The Bertz CT molecular complexity index is 3930. The zero-order chi connectivity index (χ0) is 50.2. The Morgan fingerprint density at radius 3 is 2.00 bits per heavy atom. The van der Waals surface area contributed by atoms with Gasteiger partial charge in [0.25, 0.3) is 0 Å². The Balaban J connectivity index is 0.00000284. The third-order valence-electron chi connectivity index (χ3n) is 15.0. The van der Waals surface area contributed by atoms with Gasteiger partial charge in [0.1, 0.15) is 0 Å². The predicted octanol–water partition coefficient (Wildman–Crippen LogP) is 19.3. The molecule has 73 heavy (non-hydrogen) atoms. The first-order valence-electron chi connectivity index (χ1n) is 26.0. The monoisotopic (exact) mass is 943 g/mol. The second kappa shape index (κ2) is 20.0. The molecular weight excluding hydrogens is 883 g/mol. The minimum absolute atomic E-state index is 0.438. The summed E-state index contributed by atoms with van der Waals surface area (Å²) in [5, 5.41) is 8.66. The maximum atomic E-state index is 5.80. The third-order valence-corrected chi connectivity index (χ3v) is 15.0. The van der Waals surface area contributed by atoms with Crippen LogP contribution in [0, 0.1) is 19.8 Å². The van der Waals surface area contributed by atoms with Crippen molar-refractivity contribution >= 4 is 78.7 Å². The summed E-state index contributed by atoms with van der Waals surface area (Å²) >= 11 is 0. The molecule has 1 atom stereocenters. The van der Waals surface area contributed by atoms with Crippen molar-refractivity contribution in [3.63, 3.8) is 0 Å². The van der Waals surface area contributed by atoms with Crippen molar-refractivity contribution < 1.29 is 0 Å². The fourth-order valence-electron chi connectivity index (χ4n) is 11.4. The van der Waals surface area contributed by atoms with Gasteiger partial charge in [-0.15, -0.1) is 0 Å². The normalized spacial score (nSPS) is 14.7. The molecule has 0 saturated heterocycles. The van der Waals surface area contributed by atoms with E-state index in [1.807, 2.05) is 13.8 Å². The van der Waals surface area contributed by atoms with Gasteiger partial charge in [0.15, 0.2) is 0 Å². The number of allylic oxidation sites excluding steroid dienone is 6. The molecule has 0 amide bonds. The van der Waals surface area contributed by atoms with Crippen LogP contribution in [0.3, 0.4) is 0 Å². The predicted molar refractivity (Wildman–Crippen MR) is 317 cm³/mol. The second-order valence-electron chi connectivity index (χ2n) is 19.5. The molecule has 9 aromatic carbocycles. The molecule has 1 heterocycles. The van der Waals surface area contributed by atoms with E-state index in [1.54, 1.807) is 0 Å². The van der Waals surface area contributed by atoms with Gasteiger partial charge in [0.05, 0.1) is 22.6 Å². The molecule has 0 fully saturated rings. The first-order valence-corrected chi connectivity index (χ1v) is 26.0. The molecule has 1 unspecified atom stereocenters. The van der Waals surface area contributed by atoms with E-state index in [9.17, 15) is 0 Å². The smallest absolute Gasteiger partial charge is 0.0731 e. The maximum absolute atomic E-state index is 5.80. The molecule has 2 aliphatic rings. The number of aliphatic imine (C=N–C) groups is 2. The summed E-state index contributed by atoms with van der Waals surface area (Å²) in [7, 11) is 0. The number of fused-ring (bicyclic) bond motifs is 9. The van der Waals surface area contributed by atoms with Crippen LogP contribution in [-0.4, -0.2) is 17.0 Å². The van der Waals surface area contributed by atoms with E-state index in [4.69, 9.17) is 9.98 Å². The molecule has 0 bridgehead atoms. The van der Waals surface area contributed by atoms with Gasteiger partial charge in [-0.25, -0.2) is 4.99 Å². The summed E-state index contributed by atoms with van der Waals surface area (Å²) < 4.78 is 2.42. The zero-order valence-corrected chi connectivity index (χ0v) is 42.9. The SMILES string of the molecule is C=N/C(=C\C(=Nc1ccc(-c2ccc3c(c2)c2c(n3-c3ccccc3)C=CCC2)cc1-c1ccccc1C)c1ccc2c3ccccc3c3ccccc3c2c1)c1cccc(C)c1C1=C(C)C=CC(C)C1.CC. The highest BCUT2D eigenvalue weighted by Crippen LogP contribution is 2.43. The van der Waals surface area contributed by atoms with E-state index in [1.165, 1.54) is 93.6 Å². The molecule has 12 rings (SSSR count). The Kier molecular flexibility index (Phi) is 12.9. The van der Waals surface area contributed by atoms with E-state index in [0.717, 1.165) is 64.2 Å². The molecule has 10 aromatic rings. The molecule has 0 spiro atoms. The van der Waals surface area contributed by atoms with E-state index in [0.29, 0.717) is 5.92 Å². The minimum atomic E-state index is 0.438. The summed E-state index contributed by atoms with van der Waals surface area (Å²) in [4.78, 5) is 10.7. The van der Waals surface area contributed by atoms with Gasteiger partial charge < -0.3 is 4.57 Å². The molecular formula is C70H61N3. The van der Waals surface area contributed by atoms with Gasteiger partial charge in [-0.3, -0.25) is 4.99 Å². The highest BCUT2D eigenvalue weighted by molar-refractivity contribution is 6.27. The summed E-state index contributed by atoms with van der Waals surface area (Å²) in [6, 6.07) is 64.2. The summed E-state index contributed by atoms with van der Waals surface area (Å²) in [5.41, 5.74) is 20.5. The average Bonchev–Trinajstić information content (AvgIpc) is 3.77. The quantitative estimate of drug-likeness (QED) is 0.102. The van der Waals surface area contributed by atoms with Crippen molar-refractivity contribution in [1.29, 1.82) is 0 Å². The van der Waals surface area contributed by atoms with E-state index in [-0.39, 0.29) is 0 Å². The molecule has 0 N–H and O–H groups in total. The van der Waals surface area contributed by atoms with Crippen LogP contribution in [0.15, 0.2) is 216 Å². The van der Waals surface area contributed by atoms with Crippen LogP contribution in [0.2, 0.25) is 0 Å². The fraction of sp³-hybridized carbons (Fsp3) is 0.143. The van der Waals surface area contributed by atoms with Gasteiger partial charge in [-0.1, -0.05) is 172 Å². The Hall–Kier alpha value is -8.40. The van der Waals surface area contributed by atoms with Crippen LogP contribution < -0.4 is 0 Å². The van der Waals surface area contributed by atoms with Gasteiger partial charge in [0.2, 0.25) is 0 Å². The number of benzene rings is 9. The van der Waals surface area contributed by atoms with Crippen molar-refractivity contribution in [2.24, 2.45) is 15.9 Å². The summed E-state index contributed by atoms with van der Waals surface area (Å²) in [5.74, 6) is 0.438. The van der Waals surface area contributed by atoms with Gasteiger partial charge in [-0.05, 0) is 190 Å². The lowest BCUT2D eigenvalue weighted by atomic mass is 9.82. The lowest BCUT2D eigenvalue weighted by Crippen LogP contribution is -2.06. The van der Waals surface area contributed by atoms with Crippen LogP contribution in [0.25, 0.3) is 88.5 Å². The second-order valence-corrected chi connectivity index (χ2v) is 19.5. The van der Waals surface area contributed by atoms with Crippen LogP contribution in [-0.2, 0) is 6.42 Å². The topological polar surface area (TPSA) is 29.6 Å². The van der Waals surface area contributed by atoms with Crippen LogP contribution in [0.5, 0.6) is 0 Å². The number of nitrogens with zero attached hydrogens (tertiary/aromatic N) is 3. The van der Waals surface area contributed by atoms with Gasteiger partial charge in [0, 0.05) is 33.5 Å². The molecule has 2 aliphatic carbocycles. The van der Waals surface area contributed by atoms with E-state index < -0.39 is 0 Å². The zero-order valence-electron chi connectivity index (χ0n) is 42.9. The van der Waals surface area contributed by atoms with Crippen LogP contribution >= 0.6 is 0 Å². The standard InChI is InChI=1S/C68H55N3.C2H6/c1-43-30-31-45(3)59(38-43)68-46(4)19-17-28-58(68)65(69-5)42-64(49-32-35-56-54-25-12-11-23-52(54)53-24-13-14-26-55(53)60(56)41-49)70-63-36-33-47(39-61(63)51-22-10-9-18-44(51)2)48-34-37-67-62(40-48)57-27-15-16-29-66(57)71(67)50-20-7-6-8-21-50;1-2/h6-14,16-26,28-37,39-43H,5,15,27,38H2,1-4H3;1-2H3/b65-42-,70-64?;. The van der Waals surface area contributed by atoms with Crippen molar-refractivity contribution in [1.82, 2.24) is 4.57 Å². The van der Waals surface area contributed by atoms with Crippen LogP contribution in [0.1, 0.15) is 79.6 Å².